The fourth-order valence-electron chi connectivity index (χ4n) is 1.33. The molecule has 5 nitrogen and oxygen atoms in total. The number of carbonyl (C=O) groups is 1. The molecule has 0 aliphatic rings. The van der Waals surface area contributed by atoms with Crippen molar-refractivity contribution in [3.63, 3.8) is 0 Å². The molecule has 0 bridgehead atoms. The fraction of sp³-hybridized carbons (Fsp3) is 0.875. The van der Waals surface area contributed by atoms with Crippen LogP contribution in [-0.2, 0) is 14.1 Å². The number of hydrogen-bond acceptors (Lipinski definition) is 3. The van der Waals surface area contributed by atoms with E-state index in [1.165, 1.54) is 0 Å². The van der Waals surface area contributed by atoms with E-state index in [0.29, 0.717) is 0 Å². The van der Waals surface area contributed by atoms with Gasteiger partial charge in [-0.05, 0) is 19.8 Å². The number of carbonyl (C=O) groups excluding carboxylic acids is 1. The molecule has 86 valence electrons. The van der Waals surface area contributed by atoms with Crippen LogP contribution in [0.15, 0.2) is 0 Å². The van der Waals surface area contributed by atoms with Gasteiger partial charge in [-0.3, -0.25) is 9.36 Å². The van der Waals surface area contributed by atoms with E-state index in [-0.39, 0.29) is 70.8 Å². The second kappa shape index (κ2) is 7.56. The number of rotatable bonds is 5. The minimum atomic E-state index is -4.47. The summed E-state index contributed by atoms with van der Waals surface area (Å²) in [6.45, 7) is 4.87. The van der Waals surface area contributed by atoms with Gasteiger partial charge in [-0.15, -0.1) is 0 Å². The predicted octanol–water partition coefficient (Wildman–Crippen LogP) is 0.637. The van der Waals surface area contributed by atoms with Gasteiger partial charge in [0.15, 0.2) is 5.16 Å². The Hall–Kier alpha value is 1.26. The average molecular weight is 264 g/mol. The summed E-state index contributed by atoms with van der Waals surface area (Å²) in [5, 5.41) is -1.66. The summed E-state index contributed by atoms with van der Waals surface area (Å²) in [5.41, 5.74) is 0. The van der Waals surface area contributed by atoms with Crippen molar-refractivity contribution in [2.45, 2.75) is 38.8 Å². The van der Waals surface area contributed by atoms with Crippen molar-refractivity contribution in [3.05, 3.63) is 0 Å². The van der Waals surface area contributed by atoms with Crippen molar-refractivity contribution in [2.24, 2.45) is 0 Å². The molecule has 0 aliphatic heterocycles. The van der Waals surface area contributed by atoms with Crippen molar-refractivity contribution < 1.29 is 23.9 Å². The molecule has 15 heavy (non-hydrogen) atoms. The van der Waals surface area contributed by atoms with Gasteiger partial charge in [0.25, 0.3) is 0 Å². The van der Waals surface area contributed by atoms with Crippen LogP contribution < -0.4 is 0 Å². The van der Waals surface area contributed by atoms with E-state index >= 15 is 0 Å². The monoisotopic (exact) mass is 264 g/mol. The van der Waals surface area contributed by atoms with E-state index in [0.717, 1.165) is 0 Å². The van der Waals surface area contributed by atoms with Crippen LogP contribution in [0.1, 0.15) is 33.6 Å². The van der Waals surface area contributed by atoms with Crippen molar-refractivity contribution in [2.75, 3.05) is 6.61 Å². The molecule has 2 N–H and O–H groups in total. The molecule has 0 aliphatic carbocycles. The molecule has 0 saturated carbocycles. The SMILES string of the molecule is CCOC(=O)C(CC)(CC)P(=O)(O)O.[KH]. The Morgan fingerprint density at radius 1 is 1.27 bits per heavy atom. The van der Waals surface area contributed by atoms with Crippen LogP contribution in [0.5, 0.6) is 0 Å². The average Bonchev–Trinajstić information content (AvgIpc) is 2.05. The summed E-state index contributed by atoms with van der Waals surface area (Å²) < 4.78 is 15.9. The zero-order valence-corrected chi connectivity index (χ0v) is 9.58. The van der Waals surface area contributed by atoms with E-state index in [9.17, 15) is 9.36 Å². The van der Waals surface area contributed by atoms with Gasteiger partial charge < -0.3 is 14.5 Å². The molecule has 0 fully saturated rings. The van der Waals surface area contributed by atoms with Crippen LogP contribution in [0, 0.1) is 0 Å². The van der Waals surface area contributed by atoms with Gasteiger partial charge in [-0.25, -0.2) is 0 Å². The molecule has 7 heteroatoms. The molecule has 0 aromatic heterocycles. The van der Waals surface area contributed by atoms with Gasteiger partial charge in [0.2, 0.25) is 0 Å². The molecular weight excluding hydrogens is 246 g/mol. The first-order valence-corrected chi connectivity index (χ1v) is 6.19. The molecule has 0 saturated heterocycles. The quantitative estimate of drug-likeness (QED) is 0.432. The molecule has 0 rings (SSSR count). The Labute approximate surface area is 133 Å². The Bertz CT molecular complexity index is 245. The summed E-state index contributed by atoms with van der Waals surface area (Å²) in [6.07, 6.45) is 0.152. The normalized spacial score (nSPS) is 11.8. The topological polar surface area (TPSA) is 83.8 Å². The van der Waals surface area contributed by atoms with Crippen LogP contribution >= 0.6 is 7.60 Å². The van der Waals surface area contributed by atoms with Gasteiger partial charge in [0, 0.05) is 0 Å². The number of ether oxygens (including phenoxy) is 1. The molecule has 0 aromatic rings. The Balaban J connectivity index is 0. The third-order valence-electron chi connectivity index (χ3n) is 2.38. The molecule has 0 unspecified atom stereocenters. The van der Waals surface area contributed by atoms with Crippen molar-refractivity contribution >= 4 is 64.9 Å². The Kier molecular flexibility index (Phi) is 9.38. The summed E-state index contributed by atoms with van der Waals surface area (Å²) >= 11 is 0. The maximum absolute atomic E-state index is 11.5. The summed E-state index contributed by atoms with van der Waals surface area (Å²) in [7, 11) is -4.47. The molecule has 0 aromatic carbocycles. The van der Waals surface area contributed by atoms with Crippen molar-refractivity contribution in [3.8, 4) is 0 Å². The van der Waals surface area contributed by atoms with Gasteiger partial charge in [0.05, 0.1) is 6.61 Å². The molecular formula is C8H18KO5P. The van der Waals surface area contributed by atoms with Gasteiger partial charge in [-0.1, -0.05) is 13.8 Å². The first-order chi connectivity index (χ1) is 6.35. The van der Waals surface area contributed by atoms with E-state index in [1.807, 2.05) is 0 Å². The van der Waals surface area contributed by atoms with Crippen LogP contribution in [-0.4, -0.2) is 78.9 Å². The third kappa shape index (κ3) is 4.20. The number of esters is 1. The molecule has 0 radical (unpaired) electrons. The number of hydrogen-bond donors (Lipinski definition) is 2. The maximum atomic E-state index is 11.5. The predicted molar refractivity (Wildman–Crippen MR) is 59.1 cm³/mol. The summed E-state index contributed by atoms with van der Waals surface area (Å²) in [5.74, 6) is -0.807. The zero-order chi connectivity index (χ0) is 11.4. The van der Waals surface area contributed by atoms with E-state index in [4.69, 9.17) is 9.79 Å². The standard InChI is InChI=1S/C8H17O5P.K.H/c1-4-8(5-2,14(10,11)12)7(9)13-6-3;;/h4-6H2,1-3H3,(H2,10,11,12);;. The van der Waals surface area contributed by atoms with Gasteiger partial charge >= 0.3 is 64.9 Å². The van der Waals surface area contributed by atoms with E-state index < -0.39 is 18.7 Å². The second-order valence-corrected chi connectivity index (χ2v) is 4.95. The van der Waals surface area contributed by atoms with Crippen molar-refractivity contribution in [1.82, 2.24) is 0 Å². The summed E-state index contributed by atoms with van der Waals surface area (Å²) in [4.78, 5) is 29.7. The molecule has 0 heterocycles. The van der Waals surface area contributed by atoms with Gasteiger partial charge in [0.1, 0.15) is 0 Å². The molecule has 0 atom stereocenters. The van der Waals surface area contributed by atoms with Crippen molar-refractivity contribution in [1.29, 1.82) is 0 Å². The summed E-state index contributed by atoms with van der Waals surface area (Å²) in [6, 6.07) is 0. The first-order valence-electron chi connectivity index (χ1n) is 4.58. The van der Waals surface area contributed by atoms with E-state index in [1.54, 1.807) is 20.8 Å². The van der Waals surface area contributed by atoms with Crippen LogP contribution in [0.3, 0.4) is 0 Å². The molecule has 0 spiro atoms. The van der Waals surface area contributed by atoms with Crippen LogP contribution in [0.2, 0.25) is 0 Å². The fourth-order valence-corrected chi connectivity index (χ4v) is 2.46. The Morgan fingerprint density at radius 3 is 1.87 bits per heavy atom. The Morgan fingerprint density at radius 2 is 1.67 bits per heavy atom. The van der Waals surface area contributed by atoms with Gasteiger partial charge in [-0.2, -0.15) is 0 Å². The zero-order valence-electron chi connectivity index (χ0n) is 8.69. The van der Waals surface area contributed by atoms with Crippen LogP contribution in [0.25, 0.3) is 0 Å². The van der Waals surface area contributed by atoms with Crippen LogP contribution in [0.4, 0.5) is 0 Å². The molecule has 0 amide bonds. The third-order valence-corrected chi connectivity index (χ3v) is 4.31. The van der Waals surface area contributed by atoms with E-state index in [2.05, 4.69) is 4.74 Å². The first kappa shape index (κ1) is 18.6. The second-order valence-electron chi connectivity index (χ2n) is 3.00. The minimum absolute atomic E-state index is 0.